The van der Waals surface area contributed by atoms with Crippen LogP contribution in [-0.4, -0.2) is 16.6 Å². The molecular formula is C12H17NOS. The van der Waals surface area contributed by atoms with E-state index in [2.05, 4.69) is 0 Å². The van der Waals surface area contributed by atoms with Gasteiger partial charge in [-0.3, -0.25) is 0 Å². The van der Waals surface area contributed by atoms with Crippen molar-refractivity contribution in [2.45, 2.75) is 18.9 Å². The first-order chi connectivity index (χ1) is 7.27. The molecule has 3 N–H and O–H groups in total. The lowest BCUT2D eigenvalue weighted by molar-refractivity contribution is 0.113. The van der Waals surface area contributed by atoms with Crippen LogP contribution >= 0.6 is 11.8 Å². The van der Waals surface area contributed by atoms with Gasteiger partial charge in [-0.2, -0.15) is 11.8 Å². The van der Waals surface area contributed by atoms with Crippen molar-refractivity contribution in [3.63, 3.8) is 0 Å². The van der Waals surface area contributed by atoms with Crippen molar-refractivity contribution < 1.29 is 5.11 Å². The molecule has 0 aromatic heterocycles. The Bertz CT molecular complexity index is 323. The Morgan fingerprint density at radius 3 is 3.00 bits per heavy atom. The molecular weight excluding hydrogens is 206 g/mol. The lowest BCUT2D eigenvalue weighted by Crippen LogP contribution is -2.19. The maximum absolute atomic E-state index is 10.2. The number of benzene rings is 1. The summed E-state index contributed by atoms with van der Waals surface area (Å²) >= 11 is 1.94. The number of nitrogen functional groups attached to an aromatic ring is 1. The minimum atomic E-state index is -0.346. The third kappa shape index (κ3) is 2.67. The predicted octanol–water partition coefficient (Wildman–Crippen LogP) is 2.45. The largest absolute Gasteiger partial charge is 0.399 e. The Labute approximate surface area is 94.9 Å². The van der Waals surface area contributed by atoms with E-state index in [9.17, 15) is 5.11 Å². The molecule has 1 fully saturated rings. The van der Waals surface area contributed by atoms with Crippen LogP contribution < -0.4 is 5.73 Å². The van der Waals surface area contributed by atoms with E-state index in [4.69, 9.17) is 5.73 Å². The summed E-state index contributed by atoms with van der Waals surface area (Å²) in [6.45, 7) is 0. The molecule has 0 saturated carbocycles. The Hall–Kier alpha value is -0.670. The zero-order valence-electron chi connectivity index (χ0n) is 8.73. The Balaban J connectivity index is 2.08. The minimum absolute atomic E-state index is 0.346. The van der Waals surface area contributed by atoms with Gasteiger partial charge >= 0.3 is 0 Å². The number of hydrogen-bond acceptors (Lipinski definition) is 3. The van der Waals surface area contributed by atoms with Crippen molar-refractivity contribution in [1.82, 2.24) is 0 Å². The predicted molar refractivity (Wildman–Crippen MR) is 65.9 cm³/mol. The molecule has 15 heavy (non-hydrogen) atoms. The normalized spacial score (nSPS) is 23.7. The van der Waals surface area contributed by atoms with Crippen LogP contribution in [0.1, 0.15) is 24.5 Å². The highest BCUT2D eigenvalue weighted by atomic mass is 32.2. The van der Waals surface area contributed by atoms with E-state index in [0.29, 0.717) is 5.92 Å². The molecule has 3 heteroatoms. The van der Waals surface area contributed by atoms with Crippen molar-refractivity contribution in [3.05, 3.63) is 29.8 Å². The van der Waals surface area contributed by atoms with Crippen LogP contribution in [0.3, 0.4) is 0 Å². The SMILES string of the molecule is Nc1cccc(C(O)C2CCCSC2)c1. The smallest absolute Gasteiger partial charge is 0.0826 e. The maximum Gasteiger partial charge on any atom is 0.0826 e. The fourth-order valence-electron chi connectivity index (χ4n) is 2.03. The zero-order chi connectivity index (χ0) is 10.7. The average molecular weight is 223 g/mol. The number of nitrogens with two attached hydrogens (primary N) is 1. The van der Waals surface area contributed by atoms with E-state index in [-0.39, 0.29) is 6.10 Å². The van der Waals surface area contributed by atoms with Crippen molar-refractivity contribution in [2.75, 3.05) is 17.2 Å². The summed E-state index contributed by atoms with van der Waals surface area (Å²) in [6.07, 6.45) is 2.00. The first-order valence-corrected chi connectivity index (χ1v) is 6.54. The van der Waals surface area contributed by atoms with Gasteiger partial charge in [0.1, 0.15) is 0 Å². The van der Waals surface area contributed by atoms with Crippen LogP contribution in [0.25, 0.3) is 0 Å². The van der Waals surface area contributed by atoms with E-state index in [0.717, 1.165) is 23.4 Å². The van der Waals surface area contributed by atoms with E-state index in [1.807, 2.05) is 36.0 Å². The fourth-order valence-corrected chi connectivity index (χ4v) is 3.22. The van der Waals surface area contributed by atoms with Crippen LogP contribution in [0.2, 0.25) is 0 Å². The summed E-state index contributed by atoms with van der Waals surface area (Å²) in [5.74, 6) is 2.70. The second-order valence-electron chi connectivity index (χ2n) is 4.09. The van der Waals surface area contributed by atoms with E-state index in [1.165, 1.54) is 12.2 Å². The first kappa shape index (κ1) is 10.8. The molecule has 1 heterocycles. The van der Waals surface area contributed by atoms with Crippen LogP contribution in [0.5, 0.6) is 0 Å². The van der Waals surface area contributed by atoms with Crippen LogP contribution in [0.4, 0.5) is 5.69 Å². The van der Waals surface area contributed by atoms with Gasteiger partial charge in [-0.05, 0) is 48.0 Å². The molecule has 2 atom stereocenters. The zero-order valence-corrected chi connectivity index (χ0v) is 9.54. The maximum atomic E-state index is 10.2. The van der Waals surface area contributed by atoms with Crippen LogP contribution in [0.15, 0.2) is 24.3 Å². The van der Waals surface area contributed by atoms with Crippen molar-refractivity contribution in [2.24, 2.45) is 5.92 Å². The van der Waals surface area contributed by atoms with Gasteiger partial charge in [0.05, 0.1) is 6.10 Å². The second-order valence-corrected chi connectivity index (χ2v) is 5.24. The van der Waals surface area contributed by atoms with Gasteiger partial charge in [0, 0.05) is 5.69 Å². The lowest BCUT2D eigenvalue weighted by atomic mass is 9.93. The number of anilines is 1. The molecule has 1 aromatic rings. The number of aliphatic hydroxyl groups is 1. The van der Waals surface area contributed by atoms with Gasteiger partial charge in [-0.1, -0.05) is 12.1 Å². The summed E-state index contributed by atoms with van der Waals surface area (Å²) in [5, 5.41) is 10.2. The van der Waals surface area contributed by atoms with Gasteiger partial charge in [-0.15, -0.1) is 0 Å². The minimum Gasteiger partial charge on any atom is -0.399 e. The second kappa shape index (κ2) is 4.90. The van der Waals surface area contributed by atoms with Gasteiger partial charge in [0.15, 0.2) is 0 Å². The van der Waals surface area contributed by atoms with Crippen molar-refractivity contribution in [1.29, 1.82) is 0 Å². The molecule has 0 bridgehead atoms. The highest BCUT2D eigenvalue weighted by Gasteiger charge is 2.23. The standard InChI is InChI=1S/C12H17NOS/c13-11-5-1-3-9(7-11)12(14)10-4-2-6-15-8-10/h1,3,5,7,10,12,14H,2,4,6,8,13H2. The van der Waals surface area contributed by atoms with Crippen LogP contribution in [-0.2, 0) is 0 Å². The molecule has 2 nitrogen and oxygen atoms in total. The molecule has 0 amide bonds. The van der Waals surface area contributed by atoms with Crippen molar-refractivity contribution >= 4 is 17.4 Å². The topological polar surface area (TPSA) is 46.2 Å². The number of hydrogen-bond donors (Lipinski definition) is 2. The Morgan fingerprint density at radius 2 is 2.33 bits per heavy atom. The van der Waals surface area contributed by atoms with Gasteiger partial charge in [0.25, 0.3) is 0 Å². The molecule has 1 saturated heterocycles. The summed E-state index contributed by atoms with van der Waals surface area (Å²) in [4.78, 5) is 0. The van der Waals surface area contributed by atoms with Crippen molar-refractivity contribution in [3.8, 4) is 0 Å². The van der Waals surface area contributed by atoms with E-state index < -0.39 is 0 Å². The van der Waals surface area contributed by atoms with Crippen LogP contribution in [0, 0.1) is 5.92 Å². The summed E-state index contributed by atoms with van der Waals surface area (Å²) in [5.41, 5.74) is 7.40. The number of aliphatic hydroxyl groups excluding tert-OH is 1. The highest BCUT2D eigenvalue weighted by Crippen LogP contribution is 2.33. The molecule has 2 unspecified atom stereocenters. The van der Waals surface area contributed by atoms with Gasteiger partial charge < -0.3 is 10.8 Å². The number of rotatable bonds is 2. The molecule has 82 valence electrons. The average Bonchev–Trinajstić information content (AvgIpc) is 2.29. The molecule has 1 aliphatic rings. The number of thioether (sulfide) groups is 1. The summed E-state index contributed by atoms with van der Waals surface area (Å²) in [6, 6.07) is 7.60. The Morgan fingerprint density at radius 1 is 1.47 bits per heavy atom. The molecule has 1 aliphatic heterocycles. The molecule has 2 rings (SSSR count). The molecule has 0 radical (unpaired) electrons. The summed E-state index contributed by atoms with van der Waals surface area (Å²) in [7, 11) is 0. The summed E-state index contributed by atoms with van der Waals surface area (Å²) < 4.78 is 0. The fraction of sp³-hybridized carbons (Fsp3) is 0.500. The van der Waals surface area contributed by atoms with E-state index in [1.54, 1.807) is 0 Å². The molecule has 0 aliphatic carbocycles. The Kier molecular flexibility index (Phi) is 3.54. The third-order valence-corrected chi connectivity index (χ3v) is 4.14. The van der Waals surface area contributed by atoms with E-state index >= 15 is 0 Å². The monoisotopic (exact) mass is 223 g/mol. The van der Waals surface area contributed by atoms with Gasteiger partial charge in [-0.25, -0.2) is 0 Å². The molecule has 0 spiro atoms. The quantitative estimate of drug-likeness (QED) is 0.757. The van der Waals surface area contributed by atoms with Gasteiger partial charge in [0.2, 0.25) is 0 Å². The molecule has 1 aromatic carbocycles. The third-order valence-electron chi connectivity index (χ3n) is 2.89. The first-order valence-electron chi connectivity index (χ1n) is 5.38. The highest BCUT2D eigenvalue weighted by molar-refractivity contribution is 7.99. The lowest BCUT2D eigenvalue weighted by Gasteiger charge is -2.26.